The summed E-state index contributed by atoms with van der Waals surface area (Å²) in [7, 11) is -3.35. The van der Waals surface area contributed by atoms with Gasteiger partial charge >= 0.3 is 0 Å². The van der Waals surface area contributed by atoms with Crippen LogP contribution in [-0.2, 0) is 14.6 Å². The molecule has 1 aromatic heterocycles. The van der Waals surface area contributed by atoms with Crippen molar-refractivity contribution < 1.29 is 13.2 Å². The molecule has 0 aliphatic carbocycles. The average molecular weight is 307 g/mol. The molecule has 0 radical (unpaired) electrons. The van der Waals surface area contributed by atoms with Crippen LogP contribution in [0.15, 0.2) is 4.90 Å². The first-order valence-electron chi connectivity index (χ1n) is 6.09. The summed E-state index contributed by atoms with van der Waals surface area (Å²) in [5.41, 5.74) is 5.57. The van der Waals surface area contributed by atoms with Gasteiger partial charge in [0, 0.05) is 26.0 Å². The van der Waals surface area contributed by atoms with Crippen molar-refractivity contribution in [1.82, 2.24) is 4.37 Å². The van der Waals surface area contributed by atoms with Crippen molar-refractivity contribution >= 4 is 32.2 Å². The number of aromatic nitrogens is 1. The predicted molar refractivity (Wildman–Crippen MR) is 78.4 cm³/mol. The van der Waals surface area contributed by atoms with Crippen LogP contribution in [0.1, 0.15) is 20.3 Å². The monoisotopic (exact) mass is 307 g/mol. The third kappa shape index (κ3) is 5.33. The lowest BCUT2D eigenvalue weighted by Gasteiger charge is -2.08. The van der Waals surface area contributed by atoms with Gasteiger partial charge in [0.1, 0.15) is 9.90 Å². The molecule has 1 rings (SSSR count). The summed E-state index contributed by atoms with van der Waals surface area (Å²) in [6.07, 6.45) is 1.93. The zero-order valence-corrected chi connectivity index (χ0v) is 13.1. The second-order valence-corrected chi connectivity index (χ2v) is 7.47. The van der Waals surface area contributed by atoms with E-state index in [1.165, 1.54) is 0 Å². The first-order valence-corrected chi connectivity index (χ1v) is 8.75. The largest absolute Gasteiger partial charge is 0.382 e. The van der Waals surface area contributed by atoms with Crippen LogP contribution in [0, 0.1) is 5.92 Å². The molecule has 110 valence electrons. The van der Waals surface area contributed by atoms with Crippen molar-refractivity contribution in [2.24, 2.45) is 5.92 Å². The third-order valence-electron chi connectivity index (χ3n) is 2.25. The quantitative estimate of drug-likeness (QED) is 0.709. The molecule has 1 heterocycles. The Morgan fingerprint density at radius 2 is 2.16 bits per heavy atom. The fraction of sp³-hybridized carbons (Fsp3) is 0.727. The lowest BCUT2D eigenvalue weighted by atomic mass is 10.2. The Kier molecular flexibility index (Phi) is 6.02. The minimum absolute atomic E-state index is 0.0612. The molecule has 0 spiro atoms. The second kappa shape index (κ2) is 7.06. The van der Waals surface area contributed by atoms with Gasteiger partial charge in [-0.25, -0.2) is 8.42 Å². The molecular formula is C11H21N3O3S2. The Labute approximate surface area is 118 Å². The van der Waals surface area contributed by atoms with Crippen LogP contribution in [0.4, 0.5) is 10.8 Å². The molecule has 0 saturated heterocycles. The average Bonchev–Trinajstić information content (AvgIpc) is 2.64. The van der Waals surface area contributed by atoms with Gasteiger partial charge in [-0.05, 0) is 23.9 Å². The topological polar surface area (TPSA) is 94.3 Å². The smallest absolute Gasteiger partial charge is 0.182 e. The summed E-state index contributed by atoms with van der Waals surface area (Å²) in [6.45, 7) is 6.20. The summed E-state index contributed by atoms with van der Waals surface area (Å²) < 4.78 is 32.4. The van der Waals surface area contributed by atoms with Crippen molar-refractivity contribution in [2.45, 2.75) is 25.2 Å². The molecule has 0 atom stereocenters. The summed E-state index contributed by atoms with van der Waals surface area (Å²) in [5, 5.41) is 3.55. The van der Waals surface area contributed by atoms with Gasteiger partial charge in [-0.1, -0.05) is 13.8 Å². The highest BCUT2D eigenvalue weighted by Crippen LogP contribution is 2.31. The number of ether oxygens (including phenoxy) is 1. The Morgan fingerprint density at radius 1 is 1.47 bits per heavy atom. The molecule has 0 unspecified atom stereocenters. The highest BCUT2D eigenvalue weighted by molar-refractivity contribution is 7.91. The zero-order chi connectivity index (χ0) is 14.5. The van der Waals surface area contributed by atoms with E-state index in [1.54, 1.807) is 0 Å². The second-order valence-electron chi connectivity index (χ2n) is 4.75. The van der Waals surface area contributed by atoms with Crippen molar-refractivity contribution in [1.29, 1.82) is 0 Å². The molecule has 0 fully saturated rings. The first-order chi connectivity index (χ1) is 8.82. The van der Waals surface area contributed by atoms with Crippen LogP contribution < -0.4 is 11.1 Å². The van der Waals surface area contributed by atoms with E-state index >= 15 is 0 Å². The Hall–Kier alpha value is -0.860. The number of hydrogen-bond acceptors (Lipinski definition) is 7. The van der Waals surface area contributed by atoms with Gasteiger partial charge in [0.25, 0.3) is 0 Å². The Morgan fingerprint density at radius 3 is 2.74 bits per heavy atom. The van der Waals surface area contributed by atoms with Crippen molar-refractivity contribution in [2.75, 3.05) is 37.1 Å². The highest BCUT2D eigenvalue weighted by Gasteiger charge is 2.20. The maximum absolute atomic E-state index is 11.6. The lowest BCUT2D eigenvalue weighted by Crippen LogP contribution is -2.10. The van der Waals surface area contributed by atoms with Crippen LogP contribution in [0.3, 0.4) is 0 Å². The fourth-order valence-electron chi connectivity index (χ4n) is 1.46. The minimum atomic E-state index is -3.35. The van der Waals surface area contributed by atoms with Gasteiger partial charge in [0.15, 0.2) is 15.7 Å². The number of nitrogens with one attached hydrogen (secondary N) is 1. The fourth-order valence-corrected chi connectivity index (χ4v) is 3.55. The molecule has 3 N–H and O–H groups in total. The summed E-state index contributed by atoms with van der Waals surface area (Å²) in [5.74, 6) is 0.581. The molecule has 0 aromatic carbocycles. The molecule has 0 bridgehead atoms. The van der Waals surface area contributed by atoms with Crippen LogP contribution >= 0.6 is 11.5 Å². The van der Waals surface area contributed by atoms with Gasteiger partial charge in [0.2, 0.25) is 0 Å². The molecule has 6 nitrogen and oxygen atoms in total. The summed E-state index contributed by atoms with van der Waals surface area (Å²) in [4.78, 5) is 0.0978. The lowest BCUT2D eigenvalue weighted by molar-refractivity contribution is 0.110. The number of nitrogen functional groups attached to an aromatic ring is 1. The summed E-state index contributed by atoms with van der Waals surface area (Å²) >= 11 is 1.07. The van der Waals surface area contributed by atoms with Crippen molar-refractivity contribution in [3.8, 4) is 0 Å². The van der Waals surface area contributed by atoms with Crippen molar-refractivity contribution in [3.05, 3.63) is 0 Å². The Balaban J connectivity index is 2.43. The van der Waals surface area contributed by atoms with Crippen LogP contribution in [0.25, 0.3) is 0 Å². The number of hydrogen-bond donors (Lipinski definition) is 2. The number of nitrogens with zero attached hydrogens (tertiary/aromatic N) is 1. The zero-order valence-electron chi connectivity index (χ0n) is 11.5. The van der Waals surface area contributed by atoms with E-state index in [0.29, 0.717) is 24.1 Å². The first kappa shape index (κ1) is 16.2. The van der Waals surface area contributed by atoms with Gasteiger partial charge in [-0.3, -0.25) is 0 Å². The standard InChI is InChI=1S/C11H21N3O3S2/c1-8(2)7-17-6-4-5-13-11-9(19(3,15)16)10(12)14-18-11/h8,13H,4-7H2,1-3H3,(H2,12,14). The van der Waals surface area contributed by atoms with Gasteiger partial charge in [0.05, 0.1) is 0 Å². The maximum atomic E-state index is 11.6. The number of anilines is 2. The van der Waals surface area contributed by atoms with E-state index in [4.69, 9.17) is 10.5 Å². The third-order valence-corrected chi connectivity index (χ3v) is 4.35. The number of sulfone groups is 1. The van der Waals surface area contributed by atoms with Gasteiger partial charge in [-0.15, -0.1) is 0 Å². The maximum Gasteiger partial charge on any atom is 0.182 e. The molecule has 0 aliphatic heterocycles. The van der Waals surface area contributed by atoms with E-state index in [9.17, 15) is 8.42 Å². The van der Waals surface area contributed by atoms with E-state index in [-0.39, 0.29) is 10.7 Å². The Bertz CT molecular complexity index is 497. The number of nitrogens with two attached hydrogens (primary N) is 1. The van der Waals surface area contributed by atoms with Crippen LogP contribution in [0.2, 0.25) is 0 Å². The molecule has 8 heteroatoms. The SMILES string of the molecule is CC(C)COCCCNc1snc(N)c1S(C)(=O)=O. The van der Waals surface area contributed by atoms with Crippen LogP contribution in [0.5, 0.6) is 0 Å². The van der Waals surface area contributed by atoms with Crippen LogP contribution in [-0.4, -0.2) is 38.8 Å². The predicted octanol–water partition coefficient (Wildman–Crippen LogP) is 1.60. The van der Waals surface area contributed by atoms with E-state index < -0.39 is 9.84 Å². The van der Waals surface area contributed by atoms with Crippen molar-refractivity contribution in [3.63, 3.8) is 0 Å². The molecular weight excluding hydrogens is 286 g/mol. The van der Waals surface area contributed by atoms with Gasteiger partial charge < -0.3 is 15.8 Å². The van der Waals surface area contributed by atoms with Gasteiger partial charge in [-0.2, -0.15) is 4.37 Å². The minimum Gasteiger partial charge on any atom is -0.382 e. The molecule has 0 saturated carbocycles. The van der Waals surface area contributed by atoms with E-state index in [0.717, 1.165) is 30.8 Å². The van der Waals surface area contributed by atoms with E-state index in [2.05, 4.69) is 23.5 Å². The normalized spacial score (nSPS) is 12.0. The molecule has 19 heavy (non-hydrogen) atoms. The van der Waals surface area contributed by atoms with E-state index in [1.807, 2.05) is 0 Å². The molecule has 1 aromatic rings. The molecule has 0 amide bonds. The summed E-state index contributed by atoms with van der Waals surface area (Å²) in [6, 6.07) is 0. The number of rotatable bonds is 8. The highest BCUT2D eigenvalue weighted by atomic mass is 32.2. The molecule has 0 aliphatic rings.